The number of aliphatic hydroxyl groups excluding tert-OH is 1. The van der Waals surface area contributed by atoms with Crippen LogP contribution in [0.15, 0.2) is 24.3 Å². The van der Waals surface area contributed by atoms with E-state index in [4.69, 9.17) is 23.2 Å². The largest absolute Gasteiger partial charge is 0.387 e. The minimum atomic E-state index is -0.485. The Bertz CT molecular complexity index is 563. The van der Waals surface area contributed by atoms with Gasteiger partial charge in [0.05, 0.1) is 16.1 Å². The maximum absolute atomic E-state index is 10.3. The average Bonchev–Trinajstić information content (AvgIpc) is 2.63. The Morgan fingerprint density at radius 3 is 2.44 bits per heavy atom. The highest BCUT2D eigenvalue weighted by molar-refractivity contribution is 7.12. The summed E-state index contributed by atoms with van der Waals surface area (Å²) in [5.74, 6) is 0. The SMILES string of the molecule is Cc1cc(C)c(C(O)Cc2ccc(Cl)c(Cl)c2)s1. The quantitative estimate of drug-likeness (QED) is 0.850. The number of hydrogen-bond donors (Lipinski definition) is 1. The highest BCUT2D eigenvalue weighted by Crippen LogP contribution is 2.31. The van der Waals surface area contributed by atoms with Crippen LogP contribution in [0.5, 0.6) is 0 Å². The van der Waals surface area contributed by atoms with E-state index in [1.165, 1.54) is 4.88 Å². The third kappa shape index (κ3) is 3.07. The van der Waals surface area contributed by atoms with Crippen LogP contribution in [0, 0.1) is 13.8 Å². The van der Waals surface area contributed by atoms with Gasteiger partial charge in [-0.05, 0) is 43.2 Å². The van der Waals surface area contributed by atoms with Crippen LogP contribution in [-0.4, -0.2) is 5.11 Å². The van der Waals surface area contributed by atoms with Gasteiger partial charge in [0, 0.05) is 16.2 Å². The number of thiophene rings is 1. The van der Waals surface area contributed by atoms with Crippen LogP contribution in [0.3, 0.4) is 0 Å². The van der Waals surface area contributed by atoms with Gasteiger partial charge >= 0.3 is 0 Å². The van der Waals surface area contributed by atoms with Gasteiger partial charge in [-0.2, -0.15) is 0 Å². The molecule has 0 fully saturated rings. The number of halogens is 2. The second kappa shape index (κ2) is 5.62. The van der Waals surface area contributed by atoms with E-state index in [2.05, 4.69) is 6.07 Å². The zero-order valence-corrected chi connectivity index (χ0v) is 12.5. The Kier molecular flexibility index (Phi) is 4.33. The summed E-state index contributed by atoms with van der Waals surface area (Å²) in [5, 5.41) is 11.3. The molecule has 1 aromatic heterocycles. The van der Waals surface area contributed by atoms with E-state index < -0.39 is 6.10 Å². The molecule has 2 rings (SSSR count). The number of rotatable bonds is 3. The van der Waals surface area contributed by atoms with Gasteiger partial charge in [0.25, 0.3) is 0 Å². The molecule has 1 unspecified atom stereocenters. The van der Waals surface area contributed by atoms with Crippen LogP contribution < -0.4 is 0 Å². The molecule has 0 amide bonds. The topological polar surface area (TPSA) is 20.2 Å². The fourth-order valence-corrected chi connectivity index (χ4v) is 3.32. The summed E-state index contributed by atoms with van der Waals surface area (Å²) in [7, 11) is 0. The van der Waals surface area contributed by atoms with E-state index in [1.54, 1.807) is 17.4 Å². The predicted octanol–water partition coefficient (Wildman–Crippen LogP) is 4.95. The van der Waals surface area contributed by atoms with Gasteiger partial charge in [-0.25, -0.2) is 0 Å². The Morgan fingerprint density at radius 1 is 1.17 bits per heavy atom. The fourth-order valence-electron chi connectivity index (χ4n) is 1.97. The summed E-state index contributed by atoms with van der Waals surface area (Å²) in [5.41, 5.74) is 2.13. The third-order valence-corrected chi connectivity index (χ3v) is 4.79. The molecule has 1 heterocycles. The second-order valence-electron chi connectivity index (χ2n) is 4.37. The van der Waals surface area contributed by atoms with E-state index in [1.807, 2.05) is 26.0 Å². The van der Waals surface area contributed by atoms with Crippen molar-refractivity contribution in [3.8, 4) is 0 Å². The minimum absolute atomic E-state index is 0.485. The van der Waals surface area contributed by atoms with Crippen molar-refractivity contribution in [3.63, 3.8) is 0 Å². The van der Waals surface area contributed by atoms with Gasteiger partial charge in [-0.3, -0.25) is 0 Å². The number of aliphatic hydroxyl groups is 1. The number of aryl methyl sites for hydroxylation is 2. The third-order valence-electron chi connectivity index (χ3n) is 2.80. The molecule has 96 valence electrons. The summed E-state index contributed by atoms with van der Waals surface area (Å²) in [6.07, 6.45) is 0.0680. The van der Waals surface area contributed by atoms with Crippen molar-refractivity contribution in [2.24, 2.45) is 0 Å². The van der Waals surface area contributed by atoms with E-state index in [9.17, 15) is 5.11 Å². The first-order chi connectivity index (χ1) is 8.47. The molecule has 2 aromatic rings. The maximum atomic E-state index is 10.3. The Balaban J connectivity index is 2.18. The van der Waals surface area contributed by atoms with Gasteiger partial charge in [-0.1, -0.05) is 29.3 Å². The predicted molar refractivity (Wildman–Crippen MR) is 78.9 cm³/mol. The van der Waals surface area contributed by atoms with E-state index in [-0.39, 0.29) is 0 Å². The van der Waals surface area contributed by atoms with Crippen LogP contribution >= 0.6 is 34.5 Å². The molecule has 1 nitrogen and oxygen atoms in total. The summed E-state index contributed by atoms with van der Waals surface area (Å²) in [4.78, 5) is 2.24. The molecular formula is C14H14Cl2OS. The Labute approximate surface area is 121 Å². The molecule has 18 heavy (non-hydrogen) atoms. The monoisotopic (exact) mass is 300 g/mol. The molecule has 0 saturated carbocycles. The second-order valence-corrected chi connectivity index (χ2v) is 6.47. The highest BCUT2D eigenvalue weighted by Gasteiger charge is 2.14. The van der Waals surface area contributed by atoms with E-state index in [0.717, 1.165) is 16.0 Å². The van der Waals surface area contributed by atoms with Gasteiger partial charge in [0.15, 0.2) is 0 Å². The number of benzene rings is 1. The first-order valence-corrected chi connectivity index (χ1v) is 7.23. The smallest absolute Gasteiger partial charge is 0.0924 e. The van der Waals surface area contributed by atoms with Crippen LogP contribution in [0.1, 0.15) is 27.0 Å². The first kappa shape index (κ1) is 13.9. The molecule has 1 atom stereocenters. The molecule has 0 aliphatic rings. The molecule has 1 N–H and O–H groups in total. The molecule has 1 aromatic carbocycles. The summed E-state index contributed by atoms with van der Waals surface area (Å²) in [6, 6.07) is 7.56. The molecular weight excluding hydrogens is 287 g/mol. The molecule has 0 bridgehead atoms. The van der Waals surface area contributed by atoms with E-state index in [0.29, 0.717) is 16.5 Å². The lowest BCUT2D eigenvalue weighted by molar-refractivity contribution is 0.181. The average molecular weight is 301 g/mol. The van der Waals surface area contributed by atoms with Gasteiger partial charge in [0.2, 0.25) is 0 Å². The summed E-state index contributed by atoms with van der Waals surface area (Å²) >= 11 is 13.5. The fraction of sp³-hybridized carbons (Fsp3) is 0.286. The van der Waals surface area contributed by atoms with Crippen molar-refractivity contribution in [2.45, 2.75) is 26.4 Å². The molecule has 0 radical (unpaired) electrons. The van der Waals surface area contributed by atoms with Crippen LogP contribution in [0.2, 0.25) is 10.0 Å². The molecule has 0 saturated heterocycles. The van der Waals surface area contributed by atoms with Gasteiger partial charge in [-0.15, -0.1) is 11.3 Å². The Hall–Kier alpha value is -0.540. The first-order valence-electron chi connectivity index (χ1n) is 5.66. The van der Waals surface area contributed by atoms with E-state index >= 15 is 0 Å². The normalized spacial score (nSPS) is 12.7. The zero-order chi connectivity index (χ0) is 13.3. The molecule has 0 aliphatic heterocycles. The standard InChI is InChI=1S/C14H14Cl2OS/c1-8-5-9(2)18-14(8)13(17)7-10-3-4-11(15)12(16)6-10/h3-6,13,17H,7H2,1-2H3. The Morgan fingerprint density at radius 2 is 1.89 bits per heavy atom. The van der Waals surface area contributed by atoms with Crippen molar-refractivity contribution in [3.05, 3.63) is 55.2 Å². The van der Waals surface area contributed by atoms with Crippen LogP contribution in [0.4, 0.5) is 0 Å². The minimum Gasteiger partial charge on any atom is -0.387 e. The van der Waals surface area contributed by atoms with Gasteiger partial charge < -0.3 is 5.11 Å². The lowest BCUT2D eigenvalue weighted by atomic mass is 10.1. The van der Waals surface area contributed by atoms with Gasteiger partial charge in [0.1, 0.15) is 0 Å². The molecule has 4 heteroatoms. The van der Waals surface area contributed by atoms with Crippen molar-refractivity contribution in [2.75, 3.05) is 0 Å². The molecule has 0 aliphatic carbocycles. The van der Waals surface area contributed by atoms with Crippen molar-refractivity contribution < 1.29 is 5.11 Å². The van der Waals surface area contributed by atoms with Crippen molar-refractivity contribution in [1.82, 2.24) is 0 Å². The zero-order valence-electron chi connectivity index (χ0n) is 10.2. The lowest BCUT2D eigenvalue weighted by Crippen LogP contribution is -2.01. The summed E-state index contributed by atoms with van der Waals surface area (Å²) < 4.78 is 0. The lowest BCUT2D eigenvalue weighted by Gasteiger charge is -2.10. The molecule has 0 spiro atoms. The van der Waals surface area contributed by atoms with Crippen LogP contribution in [0.25, 0.3) is 0 Å². The number of hydrogen-bond acceptors (Lipinski definition) is 2. The van der Waals surface area contributed by atoms with Crippen molar-refractivity contribution in [1.29, 1.82) is 0 Å². The van der Waals surface area contributed by atoms with Crippen LogP contribution in [-0.2, 0) is 6.42 Å². The van der Waals surface area contributed by atoms with Crippen molar-refractivity contribution >= 4 is 34.5 Å². The maximum Gasteiger partial charge on any atom is 0.0924 e. The summed E-state index contributed by atoms with van der Waals surface area (Å²) in [6.45, 7) is 4.07. The highest BCUT2D eigenvalue weighted by atomic mass is 35.5.